The molecule has 4 heterocycles. The second-order valence-electron chi connectivity index (χ2n) is 14.5. The Bertz CT molecular complexity index is 2780. The molecule has 0 aliphatic heterocycles. The monoisotopic (exact) mass is 897 g/mol. The maximum absolute atomic E-state index is 6.73. The summed E-state index contributed by atoms with van der Waals surface area (Å²) in [6, 6.07) is 40.5. The Morgan fingerprint density at radius 3 is 1.85 bits per heavy atom. The second kappa shape index (κ2) is 16.2. The predicted octanol–water partition coefficient (Wildman–Crippen LogP) is 13.7. The number of hydrogen-bond donors (Lipinski definition) is 0. The van der Waals surface area contributed by atoms with Crippen LogP contribution in [-0.2, 0) is 32.9 Å². The first-order valence-electron chi connectivity index (χ1n) is 19.0. The van der Waals surface area contributed by atoms with Crippen LogP contribution in [0, 0.1) is 39.8 Å². The molecule has 0 aliphatic rings. The third kappa shape index (κ3) is 7.52. The molecule has 9 rings (SSSR count). The molecule has 0 aliphatic carbocycles. The van der Waals surface area contributed by atoms with E-state index in [2.05, 4.69) is 131 Å². The smallest absolute Gasteiger partial charge is 0.147 e. The summed E-state index contributed by atoms with van der Waals surface area (Å²) in [5, 5.41) is 4.39. The molecule has 1 radical (unpaired) electrons. The molecular formula is C50H44IrN2O2-2. The van der Waals surface area contributed by atoms with Gasteiger partial charge in [0.2, 0.25) is 0 Å². The van der Waals surface area contributed by atoms with E-state index in [0.29, 0.717) is 0 Å². The molecule has 55 heavy (non-hydrogen) atoms. The summed E-state index contributed by atoms with van der Waals surface area (Å²) in [5.41, 5.74) is 17.1. The van der Waals surface area contributed by atoms with Crippen molar-refractivity contribution in [2.24, 2.45) is 0 Å². The largest absolute Gasteiger partial charge is 0.456 e. The normalized spacial score (nSPS) is 11.2. The van der Waals surface area contributed by atoms with Gasteiger partial charge in [-0.05, 0) is 96.6 Å². The third-order valence-electron chi connectivity index (χ3n) is 10.4. The van der Waals surface area contributed by atoms with Crippen molar-refractivity contribution in [1.82, 2.24) is 9.97 Å². The molecule has 0 spiro atoms. The van der Waals surface area contributed by atoms with Crippen LogP contribution in [0.3, 0.4) is 0 Å². The molecule has 0 bridgehead atoms. The van der Waals surface area contributed by atoms with Crippen molar-refractivity contribution in [2.45, 2.75) is 67.2 Å². The van der Waals surface area contributed by atoms with Gasteiger partial charge in [0.1, 0.15) is 22.3 Å². The molecule has 0 fully saturated rings. The van der Waals surface area contributed by atoms with Crippen LogP contribution in [0.5, 0.6) is 0 Å². The van der Waals surface area contributed by atoms with Gasteiger partial charge < -0.3 is 18.8 Å². The zero-order valence-electron chi connectivity index (χ0n) is 32.3. The standard InChI is InChI=1S/C36H30NO2.C14H14N.Ir/c1-4-9-23-14-16-27-31(17-23)38-33-20-29(28-19-30(37-21-22(28)3)25-11-7-6-8-12-25)34-26-15-13-24(10-5-2)18-32(26)39-36(34)35(27)33;1-10-4-6-13(7-5-10)14-8-11(2)12(3)9-15-14;/h6-8,11,13-21H,4-5,9-10H2,1-3H3;4-6,8-9H,1-3H3;/q2*-1;. The molecule has 0 amide bonds. The van der Waals surface area contributed by atoms with Crippen LogP contribution in [0.25, 0.3) is 77.5 Å². The minimum atomic E-state index is 0. The van der Waals surface area contributed by atoms with Crippen molar-refractivity contribution in [3.8, 4) is 33.6 Å². The number of pyridine rings is 2. The fourth-order valence-corrected chi connectivity index (χ4v) is 7.33. The number of rotatable bonds is 7. The fraction of sp³-hybridized carbons (Fsp3) is 0.200. The van der Waals surface area contributed by atoms with Crippen molar-refractivity contribution in [1.29, 1.82) is 0 Å². The Morgan fingerprint density at radius 2 is 1.22 bits per heavy atom. The average Bonchev–Trinajstić information content (AvgIpc) is 3.75. The predicted molar refractivity (Wildman–Crippen MR) is 224 cm³/mol. The van der Waals surface area contributed by atoms with Crippen LogP contribution in [-0.4, -0.2) is 9.97 Å². The van der Waals surface area contributed by atoms with Crippen molar-refractivity contribution in [3.63, 3.8) is 0 Å². The molecule has 5 aromatic carbocycles. The van der Waals surface area contributed by atoms with Crippen LogP contribution in [0.15, 0.2) is 118 Å². The first-order chi connectivity index (χ1) is 26.3. The van der Waals surface area contributed by atoms with Crippen molar-refractivity contribution in [3.05, 3.63) is 155 Å². The number of fused-ring (bicyclic) bond motifs is 7. The first-order valence-corrected chi connectivity index (χ1v) is 19.0. The zero-order chi connectivity index (χ0) is 37.3. The second-order valence-corrected chi connectivity index (χ2v) is 14.5. The number of nitrogens with zero attached hydrogens (tertiary/aromatic N) is 2. The molecule has 5 heteroatoms. The van der Waals surface area contributed by atoms with Gasteiger partial charge in [0.05, 0.1) is 5.39 Å². The Hall–Kier alpha value is -5.35. The summed E-state index contributed by atoms with van der Waals surface area (Å²) in [6.07, 6.45) is 8.14. The third-order valence-corrected chi connectivity index (χ3v) is 10.4. The van der Waals surface area contributed by atoms with Crippen LogP contribution in [0.1, 0.15) is 60.1 Å². The number of furan rings is 2. The first kappa shape index (κ1) is 37.9. The minimum Gasteiger partial charge on any atom is -0.456 e. The summed E-state index contributed by atoms with van der Waals surface area (Å²) in [4.78, 5) is 9.15. The maximum atomic E-state index is 6.73. The van der Waals surface area contributed by atoms with E-state index in [-0.39, 0.29) is 20.1 Å². The Labute approximate surface area is 337 Å². The molecular weight excluding hydrogens is 853 g/mol. The van der Waals surface area contributed by atoms with E-state index in [0.717, 1.165) is 109 Å². The van der Waals surface area contributed by atoms with Gasteiger partial charge >= 0.3 is 0 Å². The molecule has 0 atom stereocenters. The molecule has 0 saturated heterocycles. The molecule has 4 aromatic heterocycles. The molecule has 277 valence electrons. The number of benzene rings is 5. The van der Waals surface area contributed by atoms with Gasteiger partial charge in [-0.1, -0.05) is 75.6 Å². The molecule has 9 aromatic rings. The van der Waals surface area contributed by atoms with Crippen molar-refractivity contribution in [2.75, 3.05) is 0 Å². The van der Waals surface area contributed by atoms with Gasteiger partial charge in [-0.15, -0.1) is 71.3 Å². The average molecular weight is 897 g/mol. The van der Waals surface area contributed by atoms with E-state index in [1.165, 1.54) is 27.8 Å². The van der Waals surface area contributed by atoms with E-state index in [9.17, 15) is 0 Å². The summed E-state index contributed by atoms with van der Waals surface area (Å²) < 4.78 is 13.3. The summed E-state index contributed by atoms with van der Waals surface area (Å²) in [7, 11) is 0. The van der Waals surface area contributed by atoms with Gasteiger partial charge in [-0.2, -0.15) is 0 Å². The van der Waals surface area contributed by atoms with E-state index < -0.39 is 0 Å². The Balaban J connectivity index is 0.000000245. The van der Waals surface area contributed by atoms with E-state index in [1.807, 2.05) is 36.7 Å². The van der Waals surface area contributed by atoms with Gasteiger partial charge in [0, 0.05) is 48.7 Å². The Kier molecular flexibility index (Phi) is 11.2. The maximum Gasteiger partial charge on any atom is 0.147 e. The number of aryl methyl sites for hydroxylation is 6. The van der Waals surface area contributed by atoms with E-state index in [4.69, 9.17) is 13.8 Å². The summed E-state index contributed by atoms with van der Waals surface area (Å²) in [5.74, 6) is 0. The molecule has 0 N–H and O–H groups in total. The number of aromatic nitrogens is 2. The van der Waals surface area contributed by atoms with E-state index in [1.54, 1.807) is 0 Å². The van der Waals surface area contributed by atoms with Gasteiger partial charge in [-0.25, -0.2) is 0 Å². The fourth-order valence-electron chi connectivity index (χ4n) is 7.33. The van der Waals surface area contributed by atoms with Gasteiger partial charge in [-0.3, -0.25) is 0 Å². The van der Waals surface area contributed by atoms with Gasteiger partial charge in [0.25, 0.3) is 0 Å². The summed E-state index contributed by atoms with van der Waals surface area (Å²) in [6.45, 7) is 12.8. The topological polar surface area (TPSA) is 52.1 Å². The van der Waals surface area contributed by atoms with Crippen LogP contribution in [0.4, 0.5) is 0 Å². The van der Waals surface area contributed by atoms with Crippen LogP contribution >= 0.6 is 0 Å². The quantitative estimate of drug-likeness (QED) is 0.150. The number of hydrogen-bond acceptors (Lipinski definition) is 4. The Morgan fingerprint density at radius 1 is 0.564 bits per heavy atom. The van der Waals surface area contributed by atoms with Crippen molar-refractivity contribution >= 4 is 43.9 Å². The molecule has 4 nitrogen and oxygen atoms in total. The van der Waals surface area contributed by atoms with Crippen molar-refractivity contribution < 1.29 is 28.9 Å². The molecule has 0 unspecified atom stereocenters. The summed E-state index contributed by atoms with van der Waals surface area (Å²) >= 11 is 0. The van der Waals surface area contributed by atoms with Crippen LogP contribution in [0.2, 0.25) is 0 Å². The minimum absolute atomic E-state index is 0. The molecule has 0 saturated carbocycles. The van der Waals surface area contributed by atoms with Gasteiger partial charge in [0.15, 0.2) is 0 Å². The zero-order valence-corrected chi connectivity index (χ0v) is 34.7. The van der Waals surface area contributed by atoms with E-state index >= 15 is 0 Å². The SMILES string of the molecule is CCCc1ccc2c(c1)oc1c2c(-c2cc(-c3[c-]cccc3)ncc2C)cc2oc3cc(CCC)ccc3c21.Cc1c[c-]c(-c2cc(C)c(C)cn2)cc1.[Ir]. The van der Waals surface area contributed by atoms with Crippen LogP contribution < -0.4 is 0 Å².